The summed E-state index contributed by atoms with van der Waals surface area (Å²) in [7, 11) is 0. The van der Waals surface area contributed by atoms with Crippen molar-refractivity contribution in [1.29, 1.82) is 0 Å². The van der Waals surface area contributed by atoms with Gasteiger partial charge in [-0.25, -0.2) is 4.73 Å². The first kappa shape index (κ1) is 15.8. The second kappa shape index (κ2) is 6.55. The highest BCUT2D eigenvalue weighted by atomic mass is 35.5. The van der Waals surface area contributed by atoms with Crippen LogP contribution >= 0.6 is 11.6 Å². The van der Waals surface area contributed by atoms with Crippen LogP contribution in [0.1, 0.15) is 30.8 Å². The second-order valence-corrected chi connectivity index (χ2v) is 5.75. The van der Waals surface area contributed by atoms with E-state index in [-0.39, 0.29) is 5.88 Å². The van der Waals surface area contributed by atoms with Crippen LogP contribution in [0.4, 0.5) is 0 Å². The third kappa shape index (κ3) is 2.66. The van der Waals surface area contributed by atoms with E-state index < -0.39 is 0 Å². The van der Waals surface area contributed by atoms with Gasteiger partial charge in [0.15, 0.2) is 5.52 Å². The Morgan fingerprint density at radius 1 is 1.00 bits per heavy atom. The summed E-state index contributed by atoms with van der Waals surface area (Å²) >= 11 is 5.96. The molecule has 0 aliphatic rings. The zero-order valence-corrected chi connectivity index (χ0v) is 14.1. The number of aryl methyl sites for hydroxylation is 2. The third-order valence-corrected chi connectivity index (χ3v) is 4.44. The minimum atomic E-state index is 0.0943. The second-order valence-electron chi connectivity index (χ2n) is 5.48. The Kier molecular flexibility index (Phi) is 4.49. The standard InChI is InChI=1S/C19H19ClN2O/c1-3-13-8-7-9-14(4-2)18(13)19-15-10-5-6-11-16(15)21-17(12-20)22(19)23/h5-11H,3-4,12H2,1-2H3. The molecule has 0 unspecified atom stereocenters. The number of aromatic nitrogens is 2. The van der Waals surface area contributed by atoms with E-state index in [1.807, 2.05) is 24.3 Å². The zero-order valence-electron chi connectivity index (χ0n) is 13.3. The Morgan fingerprint density at radius 2 is 1.65 bits per heavy atom. The molecule has 2 aromatic carbocycles. The highest BCUT2D eigenvalue weighted by molar-refractivity contribution is 6.16. The lowest BCUT2D eigenvalue weighted by molar-refractivity contribution is -0.603. The van der Waals surface area contributed by atoms with E-state index in [4.69, 9.17) is 11.6 Å². The van der Waals surface area contributed by atoms with Crippen molar-refractivity contribution in [2.24, 2.45) is 0 Å². The van der Waals surface area contributed by atoms with Crippen LogP contribution in [0.15, 0.2) is 42.5 Å². The fourth-order valence-electron chi connectivity index (χ4n) is 3.06. The fourth-order valence-corrected chi connectivity index (χ4v) is 3.23. The van der Waals surface area contributed by atoms with Gasteiger partial charge in [0.25, 0.3) is 0 Å². The predicted octanol–water partition coefficient (Wildman–Crippen LogP) is 4.40. The molecule has 0 atom stereocenters. The Balaban J connectivity index is 2.47. The van der Waals surface area contributed by atoms with Crippen LogP contribution in [0.2, 0.25) is 0 Å². The van der Waals surface area contributed by atoms with Crippen molar-refractivity contribution in [3.05, 3.63) is 64.6 Å². The summed E-state index contributed by atoms with van der Waals surface area (Å²) in [6, 6.07) is 14.0. The summed E-state index contributed by atoms with van der Waals surface area (Å²) in [5, 5.41) is 13.8. The van der Waals surface area contributed by atoms with Crippen molar-refractivity contribution in [2.45, 2.75) is 32.6 Å². The molecular formula is C19H19ClN2O. The lowest BCUT2D eigenvalue weighted by Crippen LogP contribution is -2.36. The van der Waals surface area contributed by atoms with Crippen molar-refractivity contribution in [3.63, 3.8) is 0 Å². The molecule has 3 nitrogen and oxygen atoms in total. The molecule has 0 fully saturated rings. The molecule has 0 aliphatic carbocycles. The van der Waals surface area contributed by atoms with Crippen LogP contribution in [-0.4, -0.2) is 4.98 Å². The molecule has 0 saturated carbocycles. The summed E-state index contributed by atoms with van der Waals surface area (Å²) in [4.78, 5) is 4.41. The zero-order chi connectivity index (χ0) is 16.4. The molecule has 1 aromatic heterocycles. The molecule has 0 amide bonds. The van der Waals surface area contributed by atoms with E-state index in [0.717, 1.165) is 34.0 Å². The maximum absolute atomic E-state index is 12.9. The molecule has 4 heteroatoms. The Morgan fingerprint density at radius 3 is 2.26 bits per heavy atom. The van der Waals surface area contributed by atoms with E-state index in [1.54, 1.807) is 0 Å². The van der Waals surface area contributed by atoms with Crippen LogP contribution in [-0.2, 0) is 18.7 Å². The van der Waals surface area contributed by atoms with Gasteiger partial charge in [0.1, 0.15) is 11.6 Å². The normalized spacial score (nSPS) is 11.1. The number of alkyl halides is 1. The van der Waals surface area contributed by atoms with Gasteiger partial charge in [-0.15, -0.1) is 11.6 Å². The summed E-state index contributed by atoms with van der Waals surface area (Å²) < 4.78 is 0.906. The van der Waals surface area contributed by atoms with E-state index in [2.05, 4.69) is 37.0 Å². The Labute approximate surface area is 141 Å². The van der Waals surface area contributed by atoms with Gasteiger partial charge in [-0.1, -0.05) is 44.2 Å². The highest BCUT2D eigenvalue weighted by Gasteiger charge is 2.22. The van der Waals surface area contributed by atoms with Crippen molar-refractivity contribution in [2.75, 3.05) is 0 Å². The topological polar surface area (TPSA) is 39.8 Å². The number of nitrogens with zero attached hydrogens (tertiary/aromatic N) is 2. The lowest BCUT2D eigenvalue weighted by Gasteiger charge is -2.18. The minimum absolute atomic E-state index is 0.0943. The Bertz CT molecular complexity index is 839. The molecule has 0 spiro atoms. The molecule has 0 bridgehead atoms. The first-order chi connectivity index (χ1) is 11.2. The molecule has 0 aliphatic heterocycles. The number of rotatable bonds is 4. The van der Waals surface area contributed by atoms with Gasteiger partial charge in [-0.3, -0.25) is 0 Å². The van der Waals surface area contributed by atoms with Crippen molar-refractivity contribution >= 4 is 22.5 Å². The quantitative estimate of drug-likeness (QED) is 0.405. The van der Waals surface area contributed by atoms with Gasteiger partial charge in [-0.05, 0) is 41.1 Å². The van der Waals surface area contributed by atoms with Gasteiger partial charge in [0, 0.05) is 5.56 Å². The van der Waals surface area contributed by atoms with Crippen LogP contribution in [0, 0.1) is 5.21 Å². The van der Waals surface area contributed by atoms with E-state index in [1.165, 1.54) is 11.1 Å². The molecule has 3 aromatic rings. The lowest BCUT2D eigenvalue weighted by atomic mass is 9.93. The maximum atomic E-state index is 12.9. The fraction of sp³-hybridized carbons (Fsp3) is 0.263. The van der Waals surface area contributed by atoms with Crippen molar-refractivity contribution in [3.8, 4) is 11.3 Å². The highest BCUT2D eigenvalue weighted by Crippen LogP contribution is 2.31. The molecule has 0 N–H and O–H groups in total. The summed E-state index contributed by atoms with van der Waals surface area (Å²) in [6.45, 7) is 4.22. The van der Waals surface area contributed by atoms with Gasteiger partial charge in [0.05, 0.1) is 5.39 Å². The summed E-state index contributed by atoms with van der Waals surface area (Å²) in [5.41, 5.74) is 4.84. The molecule has 0 radical (unpaired) electrons. The summed E-state index contributed by atoms with van der Waals surface area (Å²) in [5.74, 6) is 0.435. The van der Waals surface area contributed by atoms with Gasteiger partial charge < -0.3 is 5.21 Å². The number of hydrogen-bond acceptors (Lipinski definition) is 2. The van der Waals surface area contributed by atoms with E-state index in [9.17, 15) is 5.21 Å². The number of para-hydroxylation sites is 1. The average Bonchev–Trinajstić information content (AvgIpc) is 2.60. The van der Waals surface area contributed by atoms with E-state index >= 15 is 0 Å². The summed E-state index contributed by atoms with van der Waals surface area (Å²) in [6.07, 6.45) is 1.74. The Hall–Kier alpha value is -2.13. The number of fused-ring (bicyclic) bond motifs is 1. The average molecular weight is 327 g/mol. The molecule has 118 valence electrons. The minimum Gasteiger partial charge on any atom is -0.710 e. The molecule has 0 saturated heterocycles. The smallest absolute Gasteiger partial charge is 0.317 e. The third-order valence-electron chi connectivity index (χ3n) is 4.20. The largest absolute Gasteiger partial charge is 0.710 e. The molecule has 23 heavy (non-hydrogen) atoms. The van der Waals surface area contributed by atoms with Crippen molar-refractivity contribution < 1.29 is 4.73 Å². The van der Waals surface area contributed by atoms with Gasteiger partial charge in [-0.2, -0.15) is 0 Å². The number of hydrogen-bond donors (Lipinski definition) is 0. The van der Waals surface area contributed by atoms with Crippen LogP contribution in [0.5, 0.6) is 0 Å². The SMILES string of the molecule is CCc1cccc(CC)c1-c1c2ccccc2nc(CCl)[n+]1[O-]. The first-order valence-corrected chi connectivity index (χ1v) is 8.43. The number of benzene rings is 2. The predicted molar refractivity (Wildman–Crippen MR) is 94.5 cm³/mol. The van der Waals surface area contributed by atoms with Crippen molar-refractivity contribution in [1.82, 2.24) is 4.98 Å². The van der Waals surface area contributed by atoms with Gasteiger partial charge in [0.2, 0.25) is 0 Å². The molecule has 1 heterocycles. The molecular weight excluding hydrogens is 308 g/mol. The number of halogens is 1. The first-order valence-electron chi connectivity index (χ1n) is 7.89. The molecule has 3 rings (SSSR count). The maximum Gasteiger partial charge on any atom is 0.317 e. The van der Waals surface area contributed by atoms with Crippen LogP contribution in [0.25, 0.3) is 22.2 Å². The van der Waals surface area contributed by atoms with E-state index in [0.29, 0.717) is 11.5 Å². The van der Waals surface area contributed by atoms with Gasteiger partial charge >= 0.3 is 5.82 Å². The van der Waals surface area contributed by atoms with Crippen LogP contribution in [0.3, 0.4) is 0 Å². The van der Waals surface area contributed by atoms with Crippen LogP contribution < -0.4 is 4.73 Å². The monoisotopic (exact) mass is 326 g/mol.